The first-order valence-corrected chi connectivity index (χ1v) is 10.9. The Morgan fingerprint density at radius 3 is 2.67 bits per heavy atom. The van der Waals surface area contributed by atoms with E-state index in [1.165, 1.54) is 6.20 Å². The van der Waals surface area contributed by atoms with E-state index in [1.807, 2.05) is 4.57 Å². The molecule has 1 saturated carbocycles. The summed E-state index contributed by atoms with van der Waals surface area (Å²) in [4.78, 5) is 25.4. The summed E-state index contributed by atoms with van der Waals surface area (Å²) in [5.41, 5.74) is 8.36. The minimum Gasteiger partial charge on any atom is -0.382 e. The number of nitrogens with zero attached hydrogens (tertiary/aromatic N) is 7. The molecule has 156 valence electrons. The number of piperidine rings is 1. The summed E-state index contributed by atoms with van der Waals surface area (Å²) in [6, 6.07) is 0.570. The molecule has 0 radical (unpaired) electrons. The number of imidazole rings is 1. The molecule has 4 bridgehead atoms. The number of nitrogens with two attached hydrogens (primary N) is 1. The summed E-state index contributed by atoms with van der Waals surface area (Å²) in [7, 11) is 0. The monoisotopic (exact) mass is 426 g/mol. The van der Waals surface area contributed by atoms with Crippen LogP contribution in [0.4, 0.5) is 11.8 Å². The molecule has 7 rings (SSSR count). The van der Waals surface area contributed by atoms with Gasteiger partial charge in [-0.25, -0.2) is 19.9 Å². The lowest BCUT2D eigenvalue weighted by atomic mass is 10.1. The first-order valence-electron chi connectivity index (χ1n) is 10.5. The fourth-order valence-electron chi connectivity index (χ4n) is 5.12. The van der Waals surface area contributed by atoms with Crippen LogP contribution in [-0.2, 0) is 4.74 Å². The standard InChI is InChI=1S/C20H23ClN8O/c1-3-9(4-2)29-18-15(25-19(29)21)14(12-6-24-13(22)7-23-12)26-20(27-18)28-8-10-5-11-16(28)17(11)30-10/h6-7,9-11,16-17H,3-5,8H2,1-2H3,(H2,22,24). The van der Waals surface area contributed by atoms with E-state index in [-0.39, 0.29) is 12.1 Å². The third-order valence-electron chi connectivity index (χ3n) is 6.67. The van der Waals surface area contributed by atoms with Gasteiger partial charge in [0.15, 0.2) is 5.65 Å². The fraction of sp³-hybridized carbons (Fsp3) is 0.550. The maximum absolute atomic E-state index is 6.60. The summed E-state index contributed by atoms with van der Waals surface area (Å²) < 4.78 is 8.06. The first-order chi connectivity index (χ1) is 14.6. The molecule has 4 unspecified atom stereocenters. The van der Waals surface area contributed by atoms with Crippen molar-refractivity contribution < 1.29 is 4.74 Å². The predicted molar refractivity (Wildman–Crippen MR) is 113 cm³/mol. The number of aromatic nitrogens is 6. The maximum Gasteiger partial charge on any atom is 0.228 e. The molecule has 0 aromatic carbocycles. The van der Waals surface area contributed by atoms with Crippen molar-refractivity contribution in [3.8, 4) is 11.4 Å². The first kappa shape index (κ1) is 18.3. The topological polar surface area (TPSA) is 108 Å². The quantitative estimate of drug-likeness (QED) is 0.620. The fourth-order valence-corrected chi connectivity index (χ4v) is 5.43. The molecule has 6 heterocycles. The lowest BCUT2D eigenvalue weighted by Gasteiger charge is -2.34. The second-order valence-corrected chi connectivity index (χ2v) is 8.70. The van der Waals surface area contributed by atoms with Crippen molar-refractivity contribution in [1.29, 1.82) is 0 Å². The summed E-state index contributed by atoms with van der Waals surface area (Å²) >= 11 is 6.60. The number of nitrogen functional groups attached to an aromatic ring is 1. The molecule has 0 amide bonds. The van der Waals surface area contributed by atoms with Crippen LogP contribution >= 0.6 is 11.6 Å². The molecule has 3 aromatic rings. The molecular formula is C20H23ClN8O. The van der Waals surface area contributed by atoms with E-state index in [0.717, 1.165) is 31.5 Å². The van der Waals surface area contributed by atoms with Crippen LogP contribution in [-0.4, -0.2) is 54.3 Å². The number of morpholine rings is 1. The Morgan fingerprint density at radius 2 is 2.03 bits per heavy atom. The SMILES string of the molecule is CCC(CC)n1c(Cl)nc2c(-c3cnc(N)cn3)nc(N3CC4CC5C(O4)C53)nc21. The zero-order valence-corrected chi connectivity index (χ0v) is 17.6. The second-order valence-electron chi connectivity index (χ2n) is 8.36. The summed E-state index contributed by atoms with van der Waals surface area (Å²) in [6.45, 7) is 5.10. The number of halogens is 1. The van der Waals surface area contributed by atoms with Crippen molar-refractivity contribution in [2.45, 2.75) is 57.4 Å². The highest BCUT2D eigenvalue weighted by Crippen LogP contribution is 2.54. The van der Waals surface area contributed by atoms with Crippen LogP contribution in [0.15, 0.2) is 12.4 Å². The van der Waals surface area contributed by atoms with Gasteiger partial charge in [-0.15, -0.1) is 0 Å². The number of ether oxygens (including phenoxy) is 1. The summed E-state index contributed by atoms with van der Waals surface area (Å²) in [5, 5.41) is 0.420. The summed E-state index contributed by atoms with van der Waals surface area (Å²) in [6.07, 6.45) is 6.74. The zero-order chi connectivity index (χ0) is 20.6. The van der Waals surface area contributed by atoms with Gasteiger partial charge in [0.05, 0.1) is 30.6 Å². The predicted octanol–water partition coefficient (Wildman–Crippen LogP) is 2.86. The lowest BCUT2D eigenvalue weighted by Crippen LogP contribution is -2.45. The highest BCUT2D eigenvalue weighted by molar-refractivity contribution is 6.29. The molecule has 9 nitrogen and oxygen atoms in total. The normalized spacial score (nSPS) is 26.7. The number of hydrogen-bond donors (Lipinski definition) is 1. The number of fused-ring (bicyclic) bond motifs is 2. The molecule has 0 spiro atoms. The van der Waals surface area contributed by atoms with Crippen LogP contribution in [0.25, 0.3) is 22.6 Å². The van der Waals surface area contributed by atoms with Crippen LogP contribution in [0, 0.1) is 5.92 Å². The Morgan fingerprint density at radius 1 is 1.20 bits per heavy atom. The second kappa shape index (κ2) is 6.49. The smallest absolute Gasteiger partial charge is 0.228 e. The van der Waals surface area contributed by atoms with E-state index in [4.69, 9.17) is 32.0 Å². The van der Waals surface area contributed by atoms with Gasteiger partial charge in [-0.3, -0.25) is 4.57 Å². The molecule has 3 aromatic heterocycles. The Kier molecular flexibility index (Phi) is 3.95. The third kappa shape index (κ3) is 2.54. The highest BCUT2D eigenvalue weighted by atomic mass is 35.5. The number of anilines is 2. The maximum atomic E-state index is 6.60. The van der Waals surface area contributed by atoms with Crippen molar-refractivity contribution >= 4 is 34.5 Å². The van der Waals surface area contributed by atoms with E-state index in [0.29, 0.717) is 52.0 Å². The molecule has 4 aliphatic rings. The van der Waals surface area contributed by atoms with E-state index in [1.54, 1.807) is 6.20 Å². The molecule has 30 heavy (non-hydrogen) atoms. The van der Waals surface area contributed by atoms with Crippen LogP contribution in [0.5, 0.6) is 0 Å². The van der Waals surface area contributed by atoms with Gasteiger partial charge in [-0.05, 0) is 30.9 Å². The number of hydrogen-bond acceptors (Lipinski definition) is 8. The van der Waals surface area contributed by atoms with E-state index in [2.05, 4.69) is 33.7 Å². The van der Waals surface area contributed by atoms with Crippen molar-refractivity contribution in [1.82, 2.24) is 29.5 Å². The molecule has 4 fully saturated rings. The van der Waals surface area contributed by atoms with Gasteiger partial charge >= 0.3 is 0 Å². The van der Waals surface area contributed by atoms with Gasteiger partial charge in [0.2, 0.25) is 11.2 Å². The molecule has 2 N–H and O–H groups in total. The molecular weight excluding hydrogens is 404 g/mol. The third-order valence-corrected chi connectivity index (χ3v) is 6.93. The average molecular weight is 427 g/mol. The van der Waals surface area contributed by atoms with Crippen molar-refractivity contribution in [2.24, 2.45) is 5.92 Å². The van der Waals surface area contributed by atoms with E-state index >= 15 is 0 Å². The van der Waals surface area contributed by atoms with Crippen LogP contribution in [0.1, 0.15) is 39.2 Å². The molecule has 10 heteroatoms. The zero-order valence-electron chi connectivity index (χ0n) is 16.9. The van der Waals surface area contributed by atoms with Crippen molar-refractivity contribution in [3.63, 3.8) is 0 Å². The minimum atomic E-state index is 0.211. The van der Waals surface area contributed by atoms with Crippen LogP contribution < -0.4 is 10.6 Å². The molecule has 1 aliphatic carbocycles. The number of rotatable bonds is 5. The highest BCUT2D eigenvalue weighted by Gasteiger charge is 2.65. The van der Waals surface area contributed by atoms with Gasteiger partial charge in [0, 0.05) is 18.5 Å². The van der Waals surface area contributed by atoms with Crippen LogP contribution in [0.2, 0.25) is 5.28 Å². The Balaban J connectivity index is 1.56. The minimum absolute atomic E-state index is 0.211. The van der Waals surface area contributed by atoms with Gasteiger partial charge < -0.3 is 15.4 Å². The molecule has 4 atom stereocenters. The van der Waals surface area contributed by atoms with E-state index < -0.39 is 0 Å². The summed E-state index contributed by atoms with van der Waals surface area (Å²) in [5.74, 6) is 1.64. The Hall–Kier alpha value is -2.52. The van der Waals surface area contributed by atoms with E-state index in [9.17, 15) is 0 Å². The molecule has 3 aliphatic heterocycles. The lowest BCUT2D eigenvalue weighted by molar-refractivity contribution is 0.0490. The van der Waals surface area contributed by atoms with Gasteiger partial charge in [-0.2, -0.15) is 4.98 Å². The molecule has 3 saturated heterocycles. The Labute approximate surface area is 178 Å². The average Bonchev–Trinajstić information content (AvgIpc) is 3.16. The van der Waals surface area contributed by atoms with Crippen molar-refractivity contribution in [2.75, 3.05) is 17.2 Å². The van der Waals surface area contributed by atoms with Crippen LogP contribution in [0.3, 0.4) is 0 Å². The van der Waals surface area contributed by atoms with Gasteiger partial charge in [-0.1, -0.05) is 13.8 Å². The largest absolute Gasteiger partial charge is 0.382 e. The van der Waals surface area contributed by atoms with Gasteiger partial charge in [0.25, 0.3) is 0 Å². The van der Waals surface area contributed by atoms with Crippen molar-refractivity contribution in [3.05, 3.63) is 17.7 Å². The van der Waals surface area contributed by atoms with Gasteiger partial charge in [0.1, 0.15) is 22.7 Å². The Bertz CT molecular complexity index is 1120.